The van der Waals surface area contributed by atoms with Gasteiger partial charge in [0.05, 0.1) is 31.8 Å². The fraction of sp³-hybridized carbons (Fsp3) is 0.304. The van der Waals surface area contributed by atoms with E-state index in [0.29, 0.717) is 0 Å². The second-order valence-corrected chi connectivity index (χ2v) is 7.23. The average molecular weight is 471 g/mol. The van der Waals surface area contributed by atoms with Crippen molar-refractivity contribution >= 4 is 28.5 Å². The van der Waals surface area contributed by atoms with Gasteiger partial charge in [-0.1, -0.05) is 18.2 Å². The minimum atomic E-state index is -1.08. The van der Waals surface area contributed by atoms with Gasteiger partial charge in [0.2, 0.25) is 0 Å². The van der Waals surface area contributed by atoms with Crippen LogP contribution in [-0.2, 0) is 20.7 Å². The number of nitrogens with zero attached hydrogens (tertiary/aromatic N) is 1. The zero-order chi connectivity index (χ0) is 24.7. The zero-order valence-corrected chi connectivity index (χ0v) is 19.0. The number of aromatic nitrogens is 1. The van der Waals surface area contributed by atoms with E-state index in [1.165, 1.54) is 27.4 Å². The number of hydrogen-bond acceptors (Lipinski definition) is 8. The standard InChI is InChI=1S/C23H25N3O8/c1-31-8-9-34-21-12-19(26(29)30)16(11-20(21)32-2)22(27)25-18(23(28)33-3)10-14-13-24-17-7-5-4-6-15(14)17/h4-7,11-13,18,24H,8-10H2,1-3H3,(H,25,27)/t18-/m1/s1. The first-order chi connectivity index (χ1) is 16.4. The fourth-order valence-corrected chi connectivity index (χ4v) is 3.48. The number of nitrogens with one attached hydrogen (secondary N) is 2. The molecule has 34 heavy (non-hydrogen) atoms. The molecule has 0 aliphatic carbocycles. The Bertz CT molecular complexity index is 1190. The van der Waals surface area contributed by atoms with Crippen molar-refractivity contribution in [3.05, 3.63) is 63.8 Å². The zero-order valence-electron chi connectivity index (χ0n) is 19.0. The minimum absolute atomic E-state index is 0.0890. The van der Waals surface area contributed by atoms with E-state index in [1.807, 2.05) is 24.3 Å². The number of nitro groups is 1. The average Bonchev–Trinajstić information content (AvgIpc) is 3.25. The van der Waals surface area contributed by atoms with Crippen molar-refractivity contribution in [2.45, 2.75) is 12.5 Å². The normalized spacial score (nSPS) is 11.6. The monoisotopic (exact) mass is 471 g/mol. The van der Waals surface area contributed by atoms with E-state index in [0.717, 1.165) is 22.5 Å². The lowest BCUT2D eigenvalue weighted by atomic mass is 10.0. The molecule has 1 aromatic heterocycles. The summed E-state index contributed by atoms with van der Waals surface area (Å²) in [5.41, 5.74) is 0.868. The lowest BCUT2D eigenvalue weighted by Crippen LogP contribution is -2.43. The van der Waals surface area contributed by atoms with Crippen LogP contribution in [0.4, 0.5) is 5.69 Å². The van der Waals surface area contributed by atoms with Crippen LogP contribution in [0.2, 0.25) is 0 Å². The molecule has 0 saturated carbocycles. The molecule has 0 aliphatic heterocycles. The maximum Gasteiger partial charge on any atom is 0.328 e. The number of rotatable bonds is 11. The number of aromatic amines is 1. The van der Waals surface area contributed by atoms with E-state index in [4.69, 9.17) is 18.9 Å². The molecule has 1 heterocycles. The maximum atomic E-state index is 13.1. The summed E-state index contributed by atoms with van der Waals surface area (Å²) in [4.78, 5) is 39.6. The lowest BCUT2D eigenvalue weighted by Gasteiger charge is -2.17. The molecule has 2 N–H and O–H groups in total. The number of esters is 1. The van der Waals surface area contributed by atoms with Gasteiger partial charge in [-0.25, -0.2) is 4.79 Å². The van der Waals surface area contributed by atoms with Crippen molar-refractivity contribution in [1.82, 2.24) is 10.3 Å². The Morgan fingerprint density at radius 2 is 1.88 bits per heavy atom. The van der Waals surface area contributed by atoms with Crippen LogP contribution in [0.5, 0.6) is 11.5 Å². The first kappa shape index (κ1) is 24.5. The van der Waals surface area contributed by atoms with E-state index in [-0.39, 0.29) is 36.7 Å². The molecule has 3 rings (SSSR count). The summed E-state index contributed by atoms with van der Waals surface area (Å²) in [6.45, 7) is 0.387. The molecular weight excluding hydrogens is 446 g/mol. The molecule has 0 radical (unpaired) electrons. The highest BCUT2D eigenvalue weighted by atomic mass is 16.6. The van der Waals surface area contributed by atoms with Crippen LogP contribution in [0.15, 0.2) is 42.6 Å². The van der Waals surface area contributed by atoms with Crippen LogP contribution < -0.4 is 14.8 Å². The summed E-state index contributed by atoms with van der Waals surface area (Å²) in [7, 11) is 4.04. The predicted molar refractivity (Wildman–Crippen MR) is 122 cm³/mol. The topological polar surface area (TPSA) is 142 Å². The highest BCUT2D eigenvalue weighted by Crippen LogP contribution is 2.35. The summed E-state index contributed by atoms with van der Waals surface area (Å²) < 4.78 is 20.5. The second-order valence-electron chi connectivity index (χ2n) is 7.23. The van der Waals surface area contributed by atoms with Crippen LogP contribution in [0.3, 0.4) is 0 Å². The van der Waals surface area contributed by atoms with Crippen LogP contribution in [-0.4, -0.2) is 62.4 Å². The van der Waals surface area contributed by atoms with Crippen LogP contribution in [0.1, 0.15) is 15.9 Å². The van der Waals surface area contributed by atoms with Gasteiger partial charge in [-0.15, -0.1) is 0 Å². The van der Waals surface area contributed by atoms with Gasteiger partial charge in [0.25, 0.3) is 11.6 Å². The molecule has 11 nitrogen and oxygen atoms in total. The number of H-pyrrole nitrogens is 1. The summed E-state index contributed by atoms with van der Waals surface area (Å²) in [5.74, 6) is -1.30. The second kappa shape index (κ2) is 11.1. The summed E-state index contributed by atoms with van der Waals surface area (Å²) in [5, 5.41) is 15.1. The third-order valence-corrected chi connectivity index (χ3v) is 5.16. The van der Waals surface area contributed by atoms with Crippen LogP contribution in [0.25, 0.3) is 10.9 Å². The van der Waals surface area contributed by atoms with Gasteiger partial charge in [-0.05, 0) is 11.6 Å². The third kappa shape index (κ3) is 5.44. The van der Waals surface area contributed by atoms with E-state index in [1.54, 1.807) is 6.20 Å². The van der Waals surface area contributed by atoms with E-state index < -0.39 is 28.5 Å². The van der Waals surface area contributed by atoms with Gasteiger partial charge in [0.15, 0.2) is 11.5 Å². The highest BCUT2D eigenvalue weighted by Gasteiger charge is 2.29. The molecule has 0 bridgehead atoms. The number of hydrogen-bond donors (Lipinski definition) is 2. The number of benzene rings is 2. The van der Waals surface area contributed by atoms with Crippen LogP contribution in [0, 0.1) is 10.1 Å². The molecule has 11 heteroatoms. The number of methoxy groups -OCH3 is 3. The van der Waals surface area contributed by atoms with Gasteiger partial charge in [0.1, 0.15) is 18.2 Å². The Kier molecular flexibility index (Phi) is 8.04. The third-order valence-electron chi connectivity index (χ3n) is 5.16. The molecule has 0 spiro atoms. The van der Waals surface area contributed by atoms with Gasteiger partial charge in [-0.2, -0.15) is 0 Å². The fourth-order valence-electron chi connectivity index (χ4n) is 3.48. The lowest BCUT2D eigenvalue weighted by molar-refractivity contribution is -0.385. The Morgan fingerprint density at radius 1 is 1.12 bits per heavy atom. The highest BCUT2D eigenvalue weighted by molar-refractivity contribution is 6.01. The number of carbonyl (C=O) groups excluding carboxylic acids is 2. The summed E-state index contributed by atoms with van der Waals surface area (Å²) in [6.07, 6.45) is 1.86. The van der Waals surface area contributed by atoms with Crippen molar-refractivity contribution in [2.75, 3.05) is 34.5 Å². The SMILES string of the molecule is COCCOc1cc([N+](=O)[O-])c(C(=O)N[C@H](Cc2c[nH]c3ccccc23)C(=O)OC)cc1OC. The van der Waals surface area contributed by atoms with Crippen molar-refractivity contribution in [3.63, 3.8) is 0 Å². The first-order valence-electron chi connectivity index (χ1n) is 10.3. The molecule has 0 fully saturated rings. The summed E-state index contributed by atoms with van der Waals surface area (Å²) >= 11 is 0. The Balaban J connectivity index is 1.91. The van der Waals surface area contributed by atoms with Gasteiger partial charge < -0.3 is 29.2 Å². The molecule has 0 unspecified atom stereocenters. The van der Waals surface area contributed by atoms with Crippen molar-refractivity contribution in [3.8, 4) is 11.5 Å². The Hall–Kier alpha value is -4.12. The van der Waals surface area contributed by atoms with Crippen molar-refractivity contribution < 1.29 is 33.5 Å². The van der Waals surface area contributed by atoms with Crippen molar-refractivity contribution in [1.29, 1.82) is 0 Å². The molecule has 0 saturated heterocycles. The Labute approximate surface area is 195 Å². The quantitative estimate of drug-likeness (QED) is 0.188. The molecule has 2 aromatic carbocycles. The molecule has 1 amide bonds. The van der Waals surface area contributed by atoms with E-state index in [2.05, 4.69) is 10.3 Å². The largest absolute Gasteiger partial charge is 0.493 e. The summed E-state index contributed by atoms with van der Waals surface area (Å²) in [6, 6.07) is 8.73. The number of amides is 1. The van der Waals surface area contributed by atoms with Gasteiger partial charge in [0, 0.05) is 36.7 Å². The van der Waals surface area contributed by atoms with Gasteiger partial charge in [-0.3, -0.25) is 14.9 Å². The van der Waals surface area contributed by atoms with Gasteiger partial charge >= 0.3 is 5.97 Å². The minimum Gasteiger partial charge on any atom is -0.493 e. The molecule has 3 aromatic rings. The number of fused-ring (bicyclic) bond motifs is 1. The van der Waals surface area contributed by atoms with Crippen LogP contribution >= 0.6 is 0 Å². The maximum absolute atomic E-state index is 13.1. The smallest absolute Gasteiger partial charge is 0.328 e. The number of para-hydroxylation sites is 1. The van der Waals surface area contributed by atoms with Crippen molar-refractivity contribution in [2.24, 2.45) is 0 Å². The molecule has 180 valence electrons. The number of ether oxygens (including phenoxy) is 4. The number of nitro benzene ring substituents is 1. The Morgan fingerprint density at radius 3 is 2.56 bits per heavy atom. The predicted octanol–water partition coefficient (Wildman–Crippen LogP) is 2.62. The molecular formula is C23H25N3O8. The first-order valence-corrected chi connectivity index (χ1v) is 10.3. The van der Waals surface area contributed by atoms with E-state index in [9.17, 15) is 19.7 Å². The number of carbonyl (C=O) groups is 2. The molecule has 1 atom stereocenters. The van der Waals surface area contributed by atoms with E-state index >= 15 is 0 Å². The molecule has 0 aliphatic rings.